The van der Waals surface area contributed by atoms with Crippen molar-refractivity contribution in [2.24, 2.45) is 0 Å². The molecule has 0 aromatic rings. The first-order valence-electron chi connectivity index (χ1n) is 10.1. The molecule has 2 aliphatic carbocycles. The fourth-order valence-electron chi connectivity index (χ4n) is 3.19. The molecule has 28 heavy (non-hydrogen) atoms. The Kier molecular flexibility index (Phi) is 8.36. The zero-order valence-corrected chi connectivity index (χ0v) is 16.7. The van der Waals surface area contributed by atoms with Crippen LogP contribution in [0.15, 0.2) is 34.4 Å². The van der Waals surface area contributed by atoms with E-state index in [4.69, 9.17) is 9.47 Å². The number of unbranched alkanes of at least 4 members (excludes halogenated alkanes) is 2. The summed E-state index contributed by atoms with van der Waals surface area (Å²) < 4.78 is 9.47. The van der Waals surface area contributed by atoms with Crippen LogP contribution in [-0.4, -0.2) is 23.9 Å². The van der Waals surface area contributed by atoms with Crippen LogP contribution < -0.4 is 0 Å². The number of carbonyl (C=O) groups excluding carboxylic acids is 4. The highest BCUT2D eigenvalue weighted by Gasteiger charge is 2.27. The van der Waals surface area contributed by atoms with Crippen molar-refractivity contribution in [1.29, 1.82) is 0 Å². The molecule has 0 aromatic carbocycles. The average Bonchev–Trinajstić information content (AvgIpc) is 2.58. The summed E-state index contributed by atoms with van der Waals surface area (Å²) in [6.07, 6.45) is 10.3. The molecule has 2 aliphatic rings. The van der Waals surface area contributed by atoms with E-state index in [1.807, 2.05) is 0 Å². The Labute approximate surface area is 165 Å². The van der Waals surface area contributed by atoms with Gasteiger partial charge in [0.05, 0.1) is 0 Å². The normalized spacial score (nSPS) is 15.9. The van der Waals surface area contributed by atoms with Crippen molar-refractivity contribution in [1.82, 2.24) is 0 Å². The van der Waals surface area contributed by atoms with Gasteiger partial charge < -0.3 is 9.47 Å². The maximum Gasteiger partial charge on any atom is 0.341 e. The number of carbonyl (C=O) groups is 4. The van der Waals surface area contributed by atoms with Gasteiger partial charge in [-0.3, -0.25) is 0 Å². The van der Waals surface area contributed by atoms with Crippen LogP contribution >= 0.6 is 0 Å². The first-order chi connectivity index (χ1) is 13.5. The summed E-state index contributed by atoms with van der Waals surface area (Å²) in [5.74, 6) is -3.21. The van der Waals surface area contributed by atoms with Crippen LogP contribution in [0.1, 0.15) is 78.1 Å². The molecule has 0 N–H and O–H groups in total. The van der Waals surface area contributed by atoms with E-state index in [1.54, 1.807) is 0 Å². The van der Waals surface area contributed by atoms with Crippen LogP contribution in [0.3, 0.4) is 0 Å². The molecule has 0 unspecified atom stereocenters. The number of esters is 4. The summed E-state index contributed by atoms with van der Waals surface area (Å²) in [5.41, 5.74) is 3.21. The summed E-state index contributed by atoms with van der Waals surface area (Å²) >= 11 is 0. The third-order valence-corrected chi connectivity index (χ3v) is 5.11. The zero-order valence-electron chi connectivity index (χ0n) is 16.7. The van der Waals surface area contributed by atoms with Gasteiger partial charge in [0, 0.05) is 23.3 Å². The molecule has 0 aromatic heterocycles. The summed E-state index contributed by atoms with van der Waals surface area (Å²) in [5, 5.41) is 0. The molecule has 0 radical (unpaired) electrons. The van der Waals surface area contributed by atoms with Crippen molar-refractivity contribution in [3.63, 3.8) is 0 Å². The van der Waals surface area contributed by atoms with Crippen LogP contribution in [0.4, 0.5) is 0 Å². The lowest BCUT2D eigenvalue weighted by molar-refractivity contribution is -0.156. The standard InChI is InChI=1S/C22H28O6/c1-3-5-7-15-9-11-17(15)21(25)27-19(23)13-14-20(24)28-22(26)18-12-10-16(18)8-6-4-2/h13-14H,3-12H2,1-2H3/b14-13-. The highest BCUT2D eigenvalue weighted by molar-refractivity contribution is 6.05. The summed E-state index contributed by atoms with van der Waals surface area (Å²) in [6.45, 7) is 4.14. The van der Waals surface area contributed by atoms with Crippen LogP contribution in [0.25, 0.3) is 0 Å². The Balaban J connectivity index is 1.80. The zero-order chi connectivity index (χ0) is 20.5. The maximum absolute atomic E-state index is 12.0. The van der Waals surface area contributed by atoms with Gasteiger partial charge in [-0.1, -0.05) is 37.8 Å². The molecule has 0 bridgehead atoms. The van der Waals surface area contributed by atoms with Crippen molar-refractivity contribution >= 4 is 23.9 Å². The van der Waals surface area contributed by atoms with Gasteiger partial charge in [-0.05, 0) is 51.4 Å². The monoisotopic (exact) mass is 388 g/mol. The molecule has 6 heteroatoms. The van der Waals surface area contributed by atoms with Crippen molar-refractivity contribution in [3.8, 4) is 0 Å². The maximum atomic E-state index is 12.0. The Morgan fingerprint density at radius 3 is 1.39 bits per heavy atom. The Morgan fingerprint density at radius 1 is 0.714 bits per heavy atom. The summed E-state index contributed by atoms with van der Waals surface area (Å²) in [6, 6.07) is 0. The summed E-state index contributed by atoms with van der Waals surface area (Å²) in [7, 11) is 0. The second-order valence-electron chi connectivity index (χ2n) is 7.12. The minimum atomic E-state index is -0.949. The SMILES string of the molecule is CCCCC1=C(C(=O)OC(=O)/C=C\C(=O)OC(=O)C2=C(CCCC)CC2)CC1. The van der Waals surface area contributed by atoms with E-state index in [0.717, 1.165) is 74.7 Å². The van der Waals surface area contributed by atoms with E-state index < -0.39 is 23.9 Å². The van der Waals surface area contributed by atoms with Crippen molar-refractivity contribution < 1.29 is 28.7 Å². The molecule has 0 saturated heterocycles. The molecule has 2 rings (SSSR count). The predicted molar refractivity (Wildman–Crippen MR) is 103 cm³/mol. The summed E-state index contributed by atoms with van der Waals surface area (Å²) in [4.78, 5) is 47.4. The second-order valence-corrected chi connectivity index (χ2v) is 7.12. The molecule has 6 nitrogen and oxygen atoms in total. The highest BCUT2D eigenvalue weighted by Crippen LogP contribution is 2.33. The Bertz CT molecular complexity index is 676. The number of hydrogen-bond acceptors (Lipinski definition) is 6. The highest BCUT2D eigenvalue weighted by atomic mass is 16.6. The van der Waals surface area contributed by atoms with Gasteiger partial charge in [0.2, 0.25) is 0 Å². The van der Waals surface area contributed by atoms with Gasteiger partial charge in [0.1, 0.15) is 0 Å². The Morgan fingerprint density at radius 2 is 1.11 bits per heavy atom. The molecule has 0 aliphatic heterocycles. The molecule has 0 amide bonds. The second kappa shape index (κ2) is 10.7. The molecule has 0 atom stereocenters. The topological polar surface area (TPSA) is 86.7 Å². The first-order valence-corrected chi connectivity index (χ1v) is 10.1. The van der Waals surface area contributed by atoms with Crippen LogP contribution in [-0.2, 0) is 28.7 Å². The van der Waals surface area contributed by atoms with Crippen molar-refractivity contribution in [3.05, 3.63) is 34.4 Å². The fourth-order valence-corrected chi connectivity index (χ4v) is 3.19. The van der Waals surface area contributed by atoms with Crippen molar-refractivity contribution in [2.75, 3.05) is 0 Å². The van der Waals surface area contributed by atoms with Crippen LogP contribution in [0.2, 0.25) is 0 Å². The largest absolute Gasteiger partial charge is 0.386 e. The molecular formula is C22H28O6. The van der Waals surface area contributed by atoms with Gasteiger partial charge in [-0.25, -0.2) is 19.2 Å². The third kappa shape index (κ3) is 6.01. The van der Waals surface area contributed by atoms with Gasteiger partial charge in [-0.2, -0.15) is 0 Å². The van der Waals surface area contributed by atoms with E-state index >= 15 is 0 Å². The van der Waals surface area contributed by atoms with E-state index in [9.17, 15) is 19.2 Å². The molecule has 0 fully saturated rings. The minimum absolute atomic E-state index is 0.560. The lowest BCUT2D eigenvalue weighted by Crippen LogP contribution is -2.20. The average molecular weight is 388 g/mol. The predicted octanol–water partition coefficient (Wildman–Crippen LogP) is 4.24. The van der Waals surface area contributed by atoms with Gasteiger partial charge in [0.25, 0.3) is 0 Å². The van der Waals surface area contributed by atoms with Crippen molar-refractivity contribution in [2.45, 2.75) is 78.1 Å². The van der Waals surface area contributed by atoms with Gasteiger partial charge in [-0.15, -0.1) is 0 Å². The number of allylic oxidation sites excluding steroid dienone is 2. The van der Waals surface area contributed by atoms with Gasteiger partial charge in [0.15, 0.2) is 0 Å². The molecular weight excluding hydrogens is 360 g/mol. The van der Waals surface area contributed by atoms with E-state index in [0.29, 0.717) is 24.0 Å². The van der Waals surface area contributed by atoms with Crippen LogP contribution in [0, 0.1) is 0 Å². The number of rotatable bonds is 10. The smallest absolute Gasteiger partial charge is 0.341 e. The first kappa shape index (κ1) is 21.8. The van der Waals surface area contributed by atoms with E-state index in [2.05, 4.69) is 13.8 Å². The number of hydrogen-bond donors (Lipinski definition) is 0. The minimum Gasteiger partial charge on any atom is -0.386 e. The molecule has 0 spiro atoms. The Hall–Kier alpha value is -2.50. The van der Waals surface area contributed by atoms with E-state index in [1.165, 1.54) is 0 Å². The fraction of sp³-hybridized carbons (Fsp3) is 0.545. The lowest BCUT2D eigenvalue weighted by Gasteiger charge is -2.21. The molecule has 152 valence electrons. The lowest BCUT2D eigenvalue weighted by atomic mass is 9.85. The molecule has 0 saturated carbocycles. The number of ether oxygens (including phenoxy) is 2. The third-order valence-electron chi connectivity index (χ3n) is 5.11. The van der Waals surface area contributed by atoms with Gasteiger partial charge >= 0.3 is 23.9 Å². The van der Waals surface area contributed by atoms with E-state index in [-0.39, 0.29) is 0 Å². The van der Waals surface area contributed by atoms with Crippen LogP contribution in [0.5, 0.6) is 0 Å². The molecule has 0 heterocycles. The quantitative estimate of drug-likeness (QED) is 0.316.